The van der Waals surface area contributed by atoms with Crippen molar-refractivity contribution in [3.63, 3.8) is 0 Å². The molecule has 1 aliphatic heterocycles. The number of aromatic nitrogens is 2. The summed E-state index contributed by atoms with van der Waals surface area (Å²) in [5.74, 6) is 2.03. The van der Waals surface area contributed by atoms with Crippen LogP contribution in [-0.2, 0) is 11.4 Å². The molecule has 1 aromatic heterocycles. The second kappa shape index (κ2) is 7.35. The molecule has 1 atom stereocenters. The van der Waals surface area contributed by atoms with Crippen molar-refractivity contribution < 1.29 is 9.36 Å². The standard InChI is InChI=1S/C19H24N4O2/c1-23(13-18-20-19(25-22-18)15-9-5-6-10-15)12-16-11-17(21-24-16)14-7-3-2-4-8-14/h2-4,7-8,15-16H,5-6,9-13H2,1H3/t16-/m0/s1. The van der Waals surface area contributed by atoms with Gasteiger partial charge in [-0.15, -0.1) is 0 Å². The van der Waals surface area contributed by atoms with Gasteiger partial charge in [-0.05, 0) is 25.5 Å². The zero-order valence-electron chi connectivity index (χ0n) is 14.6. The zero-order chi connectivity index (χ0) is 17.1. The molecular formula is C19H24N4O2. The van der Waals surface area contributed by atoms with Gasteiger partial charge in [0.15, 0.2) is 5.82 Å². The third-order valence-electron chi connectivity index (χ3n) is 4.95. The summed E-state index contributed by atoms with van der Waals surface area (Å²) >= 11 is 0. The Balaban J connectivity index is 1.28. The van der Waals surface area contributed by atoms with Crippen LogP contribution in [0.2, 0.25) is 0 Å². The first-order valence-electron chi connectivity index (χ1n) is 9.07. The topological polar surface area (TPSA) is 63.8 Å². The summed E-state index contributed by atoms with van der Waals surface area (Å²) in [5, 5.41) is 8.38. The van der Waals surface area contributed by atoms with Gasteiger partial charge in [0.1, 0.15) is 6.10 Å². The first-order chi connectivity index (χ1) is 12.3. The summed E-state index contributed by atoms with van der Waals surface area (Å²) in [6.45, 7) is 1.45. The van der Waals surface area contributed by atoms with Crippen LogP contribution in [0.1, 0.15) is 55.3 Å². The molecule has 0 bridgehead atoms. The van der Waals surface area contributed by atoms with Gasteiger partial charge in [0, 0.05) is 18.9 Å². The van der Waals surface area contributed by atoms with E-state index < -0.39 is 0 Å². The summed E-state index contributed by atoms with van der Waals surface area (Å²) in [6, 6.07) is 10.2. The molecule has 1 aliphatic carbocycles. The van der Waals surface area contributed by atoms with Gasteiger partial charge in [-0.1, -0.05) is 53.5 Å². The van der Waals surface area contributed by atoms with E-state index in [4.69, 9.17) is 9.36 Å². The molecule has 0 radical (unpaired) electrons. The summed E-state index contributed by atoms with van der Waals surface area (Å²) in [4.78, 5) is 12.3. The molecule has 1 fully saturated rings. The van der Waals surface area contributed by atoms with E-state index in [9.17, 15) is 0 Å². The summed E-state index contributed by atoms with van der Waals surface area (Å²) < 4.78 is 5.45. The maximum Gasteiger partial charge on any atom is 0.229 e. The molecule has 132 valence electrons. The summed E-state index contributed by atoms with van der Waals surface area (Å²) in [7, 11) is 2.05. The van der Waals surface area contributed by atoms with Gasteiger partial charge >= 0.3 is 0 Å². The van der Waals surface area contributed by atoms with Crippen molar-refractivity contribution in [2.24, 2.45) is 5.16 Å². The van der Waals surface area contributed by atoms with Gasteiger partial charge in [0.05, 0.1) is 12.3 Å². The number of rotatable bonds is 6. The van der Waals surface area contributed by atoms with Gasteiger partial charge in [0.2, 0.25) is 5.89 Å². The highest BCUT2D eigenvalue weighted by molar-refractivity contribution is 6.01. The highest BCUT2D eigenvalue weighted by atomic mass is 16.6. The van der Waals surface area contributed by atoms with Crippen LogP contribution in [0.3, 0.4) is 0 Å². The van der Waals surface area contributed by atoms with Crippen molar-refractivity contribution >= 4 is 5.71 Å². The van der Waals surface area contributed by atoms with E-state index in [1.807, 2.05) is 18.2 Å². The van der Waals surface area contributed by atoms with Crippen molar-refractivity contribution in [3.8, 4) is 0 Å². The SMILES string of the molecule is CN(Cc1noc(C2CCCC2)n1)C[C@@H]1CC(c2ccccc2)=NO1. The largest absolute Gasteiger partial charge is 0.390 e. The number of likely N-dealkylation sites (N-methyl/N-ethyl adjacent to an activating group) is 1. The van der Waals surface area contributed by atoms with Crippen molar-refractivity contribution in [2.45, 2.75) is 50.7 Å². The minimum Gasteiger partial charge on any atom is -0.390 e. The van der Waals surface area contributed by atoms with Crippen molar-refractivity contribution in [1.82, 2.24) is 15.0 Å². The second-order valence-electron chi connectivity index (χ2n) is 7.06. The van der Waals surface area contributed by atoms with E-state index in [-0.39, 0.29) is 6.10 Å². The third-order valence-corrected chi connectivity index (χ3v) is 4.95. The molecule has 2 aromatic rings. The van der Waals surface area contributed by atoms with E-state index in [0.29, 0.717) is 12.5 Å². The second-order valence-corrected chi connectivity index (χ2v) is 7.06. The number of nitrogens with zero attached hydrogens (tertiary/aromatic N) is 4. The van der Waals surface area contributed by atoms with Crippen LogP contribution in [0.15, 0.2) is 40.0 Å². The molecule has 2 aliphatic rings. The molecule has 0 saturated heterocycles. The normalized spacial score (nSPS) is 20.9. The van der Waals surface area contributed by atoms with Crippen LogP contribution in [0.25, 0.3) is 0 Å². The lowest BCUT2D eigenvalue weighted by atomic mass is 10.1. The molecule has 6 heteroatoms. The molecule has 25 heavy (non-hydrogen) atoms. The Kier molecular flexibility index (Phi) is 4.78. The Hall–Kier alpha value is -2.21. The fourth-order valence-corrected chi connectivity index (χ4v) is 3.65. The maximum atomic E-state index is 5.60. The quantitative estimate of drug-likeness (QED) is 0.807. The minimum atomic E-state index is 0.0707. The summed E-state index contributed by atoms with van der Waals surface area (Å²) in [6.07, 6.45) is 5.78. The van der Waals surface area contributed by atoms with Crippen LogP contribution < -0.4 is 0 Å². The lowest BCUT2D eigenvalue weighted by Crippen LogP contribution is -2.29. The van der Waals surface area contributed by atoms with E-state index in [2.05, 4.69) is 39.4 Å². The Morgan fingerprint density at radius 3 is 2.76 bits per heavy atom. The lowest BCUT2D eigenvalue weighted by molar-refractivity contribution is 0.0569. The van der Waals surface area contributed by atoms with E-state index in [1.54, 1.807) is 0 Å². The van der Waals surface area contributed by atoms with Crippen LogP contribution in [0.5, 0.6) is 0 Å². The fraction of sp³-hybridized carbons (Fsp3) is 0.526. The number of hydrogen-bond acceptors (Lipinski definition) is 6. The molecule has 4 rings (SSSR count). The fourth-order valence-electron chi connectivity index (χ4n) is 3.65. The van der Waals surface area contributed by atoms with Gasteiger partial charge in [-0.25, -0.2) is 0 Å². The van der Waals surface area contributed by atoms with E-state index in [0.717, 1.165) is 36.0 Å². The van der Waals surface area contributed by atoms with Crippen molar-refractivity contribution in [3.05, 3.63) is 47.6 Å². The van der Waals surface area contributed by atoms with Crippen LogP contribution in [0.4, 0.5) is 0 Å². The Morgan fingerprint density at radius 1 is 1.16 bits per heavy atom. The van der Waals surface area contributed by atoms with Crippen LogP contribution in [0, 0.1) is 0 Å². The van der Waals surface area contributed by atoms with E-state index >= 15 is 0 Å². The highest BCUT2D eigenvalue weighted by Crippen LogP contribution is 2.32. The Morgan fingerprint density at radius 2 is 1.96 bits per heavy atom. The first kappa shape index (κ1) is 16.3. The molecule has 6 nitrogen and oxygen atoms in total. The molecular weight excluding hydrogens is 316 g/mol. The molecule has 0 spiro atoms. The lowest BCUT2D eigenvalue weighted by Gasteiger charge is -2.17. The third kappa shape index (κ3) is 3.90. The summed E-state index contributed by atoms with van der Waals surface area (Å²) in [5.41, 5.74) is 2.15. The van der Waals surface area contributed by atoms with Crippen molar-refractivity contribution in [2.75, 3.05) is 13.6 Å². The molecule has 0 unspecified atom stereocenters. The van der Waals surface area contributed by atoms with Crippen molar-refractivity contribution in [1.29, 1.82) is 0 Å². The highest BCUT2D eigenvalue weighted by Gasteiger charge is 2.25. The Labute approximate surface area is 147 Å². The zero-order valence-corrected chi connectivity index (χ0v) is 14.6. The number of oxime groups is 1. The number of hydrogen-bond donors (Lipinski definition) is 0. The first-order valence-corrected chi connectivity index (χ1v) is 9.07. The smallest absolute Gasteiger partial charge is 0.229 e. The molecule has 1 aromatic carbocycles. The van der Waals surface area contributed by atoms with Crippen LogP contribution in [-0.4, -0.2) is 40.4 Å². The number of benzene rings is 1. The average molecular weight is 340 g/mol. The van der Waals surface area contributed by atoms with Crippen LogP contribution >= 0.6 is 0 Å². The van der Waals surface area contributed by atoms with Gasteiger partial charge < -0.3 is 9.36 Å². The van der Waals surface area contributed by atoms with Gasteiger partial charge in [0.25, 0.3) is 0 Å². The molecule has 2 heterocycles. The predicted octanol–water partition coefficient (Wildman–Crippen LogP) is 3.35. The predicted molar refractivity (Wildman–Crippen MR) is 94.3 cm³/mol. The van der Waals surface area contributed by atoms with E-state index in [1.165, 1.54) is 25.7 Å². The average Bonchev–Trinajstić information content (AvgIpc) is 3.37. The molecule has 1 saturated carbocycles. The van der Waals surface area contributed by atoms with Gasteiger partial charge in [-0.3, -0.25) is 4.90 Å². The maximum absolute atomic E-state index is 5.60. The molecule has 0 amide bonds. The monoisotopic (exact) mass is 340 g/mol. The molecule has 0 N–H and O–H groups in total. The minimum absolute atomic E-state index is 0.0707. The Bertz CT molecular complexity index is 722. The van der Waals surface area contributed by atoms with Gasteiger partial charge in [-0.2, -0.15) is 4.98 Å².